The summed E-state index contributed by atoms with van der Waals surface area (Å²) >= 11 is 16.1. The number of anilines is 1. The van der Waals surface area contributed by atoms with Crippen molar-refractivity contribution in [2.45, 2.75) is 38.6 Å². The Bertz CT molecular complexity index is 978. The molecule has 9 heteroatoms. The quantitative estimate of drug-likeness (QED) is 0.456. The van der Waals surface area contributed by atoms with Crippen LogP contribution in [-0.4, -0.2) is 29.7 Å². The molecule has 1 fully saturated rings. The molecule has 2 atom stereocenters. The maximum atomic E-state index is 13.2. The van der Waals surface area contributed by atoms with Gasteiger partial charge in [-0.05, 0) is 48.7 Å². The molecule has 32 heavy (non-hydrogen) atoms. The Morgan fingerprint density at radius 3 is 2.34 bits per heavy atom. The molecule has 1 N–H and O–H groups in total. The third-order valence-corrected chi connectivity index (χ3v) is 6.92. The summed E-state index contributed by atoms with van der Waals surface area (Å²) in [4.78, 5) is 13.2. The monoisotopic (exact) mass is 558 g/mol. The predicted molar refractivity (Wildman–Crippen MR) is 138 cm³/mol. The van der Waals surface area contributed by atoms with Crippen molar-refractivity contribution in [2.24, 2.45) is 11.0 Å². The SMILES string of the molecule is C[C@H]1C(C(=O)NN2CCCCCC2)=NN(c2ccc(Cl)cc2Cl)[C@@H]1c1ccc(Br)cc1.Cl. The summed E-state index contributed by atoms with van der Waals surface area (Å²) in [5, 5.41) is 9.71. The van der Waals surface area contributed by atoms with Crippen LogP contribution in [0.2, 0.25) is 10.0 Å². The Hall–Kier alpha value is -1.31. The van der Waals surface area contributed by atoms with Crippen LogP contribution in [0.1, 0.15) is 44.2 Å². The second-order valence-electron chi connectivity index (χ2n) is 8.05. The highest BCUT2D eigenvalue weighted by molar-refractivity contribution is 9.10. The van der Waals surface area contributed by atoms with Crippen molar-refractivity contribution in [3.05, 3.63) is 62.5 Å². The van der Waals surface area contributed by atoms with Gasteiger partial charge in [0, 0.05) is 28.5 Å². The Kier molecular flexibility index (Phi) is 8.87. The van der Waals surface area contributed by atoms with Gasteiger partial charge in [-0.2, -0.15) is 5.10 Å². The molecule has 0 unspecified atom stereocenters. The van der Waals surface area contributed by atoms with Crippen LogP contribution in [0.25, 0.3) is 0 Å². The molecular weight excluding hydrogens is 535 g/mol. The van der Waals surface area contributed by atoms with Crippen LogP contribution in [0.5, 0.6) is 0 Å². The van der Waals surface area contributed by atoms with E-state index in [2.05, 4.69) is 21.4 Å². The third-order valence-electron chi connectivity index (χ3n) is 5.85. The Morgan fingerprint density at radius 2 is 1.72 bits per heavy atom. The maximum absolute atomic E-state index is 13.2. The van der Waals surface area contributed by atoms with Gasteiger partial charge < -0.3 is 0 Å². The molecular formula is C23H26BrCl3N4O. The van der Waals surface area contributed by atoms with Gasteiger partial charge in [0.05, 0.1) is 16.8 Å². The van der Waals surface area contributed by atoms with E-state index in [1.54, 1.807) is 12.1 Å². The number of benzene rings is 2. The Balaban J connectivity index is 0.00000289. The Morgan fingerprint density at radius 1 is 1.06 bits per heavy atom. The van der Waals surface area contributed by atoms with Crippen molar-refractivity contribution in [1.29, 1.82) is 0 Å². The molecule has 0 radical (unpaired) electrons. The second kappa shape index (κ2) is 11.2. The summed E-state index contributed by atoms with van der Waals surface area (Å²) in [6.45, 7) is 3.78. The van der Waals surface area contributed by atoms with Crippen molar-refractivity contribution < 1.29 is 4.79 Å². The lowest BCUT2D eigenvalue weighted by atomic mass is 9.91. The first-order valence-corrected chi connectivity index (χ1v) is 12.1. The van der Waals surface area contributed by atoms with Gasteiger partial charge in [0.1, 0.15) is 5.71 Å². The van der Waals surface area contributed by atoms with Crippen LogP contribution in [-0.2, 0) is 4.79 Å². The number of hydrogen-bond donors (Lipinski definition) is 1. The summed E-state index contributed by atoms with van der Waals surface area (Å²) in [6, 6.07) is 13.3. The van der Waals surface area contributed by atoms with Crippen molar-refractivity contribution in [3.63, 3.8) is 0 Å². The average Bonchev–Trinajstić information content (AvgIpc) is 2.89. The van der Waals surface area contributed by atoms with E-state index in [1.165, 1.54) is 12.8 Å². The summed E-state index contributed by atoms with van der Waals surface area (Å²) in [5.41, 5.74) is 5.37. The molecule has 0 bridgehead atoms. The summed E-state index contributed by atoms with van der Waals surface area (Å²) in [5.74, 6) is -0.274. The van der Waals surface area contributed by atoms with E-state index < -0.39 is 0 Å². The van der Waals surface area contributed by atoms with Crippen molar-refractivity contribution >= 4 is 68.8 Å². The van der Waals surface area contributed by atoms with E-state index in [0.29, 0.717) is 15.8 Å². The topological polar surface area (TPSA) is 47.9 Å². The summed E-state index contributed by atoms with van der Waals surface area (Å²) in [7, 11) is 0. The van der Waals surface area contributed by atoms with Crippen LogP contribution >= 0.6 is 51.5 Å². The first kappa shape index (κ1) is 25.3. The molecule has 0 saturated carbocycles. The predicted octanol–water partition coefficient (Wildman–Crippen LogP) is 6.64. The largest absolute Gasteiger partial charge is 0.284 e. The van der Waals surface area contributed by atoms with E-state index >= 15 is 0 Å². The first-order chi connectivity index (χ1) is 14.9. The first-order valence-electron chi connectivity index (χ1n) is 10.6. The molecule has 4 rings (SSSR count). The zero-order valence-electron chi connectivity index (χ0n) is 17.7. The van der Waals surface area contributed by atoms with Crippen molar-refractivity contribution in [1.82, 2.24) is 10.4 Å². The molecule has 1 saturated heterocycles. The average molecular weight is 561 g/mol. The maximum Gasteiger partial charge on any atom is 0.282 e. The minimum Gasteiger partial charge on any atom is -0.284 e. The molecule has 172 valence electrons. The van der Waals surface area contributed by atoms with Gasteiger partial charge in [0.2, 0.25) is 0 Å². The lowest BCUT2D eigenvalue weighted by Crippen LogP contribution is -2.46. The van der Waals surface area contributed by atoms with Crippen LogP contribution in [0.3, 0.4) is 0 Å². The number of halogens is 4. The number of hydrazone groups is 1. The van der Waals surface area contributed by atoms with E-state index in [4.69, 9.17) is 28.3 Å². The number of carbonyl (C=O) groups excluding carboxylic acids is 1. The second-order valence-corrected chi connectivity index (χ2v) is 9.81. The van der Waals surface area contributed by atoms with E-state index in [0.717, 1.165) is 41.7 Å². The van der Waals surface area contributed by atoms with Gasteiger partial charge in [-0.15, -0.1) is 12.4 Å². The van der Waals surface area contributed by atoms with Crippen molar-refractivity contribution in [2.75, 3.05) is 18.1 Å². The number of amides is 1. The zero-order valence-corrected chi connectivity index (χ0v) is 21.6. The smallest absolute Gasteiger partial charge is 0.282 e. The Labute approximate surface area is 213 Å². The van der Waals surface area contributed by atoms with Gasteiger partial charge in [-0.1, -0.05) is 71.0 Å². The normalized spacial score (nSPS) is 21.5. The lowest BCUT2D eigenvalue weighted by molar-refractivity contribution is -0.119. The number of rotatable bonds is 4. The van der Waals surface area contributed by atoms with Crippen LogP contribution < -0.4 is 10.4 Å². The molecule has 0 aliphatic carbocycles. The molecule has 2 aliphatic rings. The number of nitrogens with zero attached hydrogens (tertiary/aromatic N) is 3. The molecule has 0 aromatic heterocycles. The molecule has 5 nitrogen and oxygen atoms in total. The van der Waals surface area contributed by atoms with Gasteiger partial charge in [-0.25, -0.2) is 5.01 Å². The zero-order chi connectivity index (χ0) is 22.0. The van der Waals surface area contributed by atoms with E-state index in [-0.39, 0.29) is 30.3 Å². The minimum absolute atomic E-state index is 0. The molecule has 2 aliphatic heterocycles. The number of hydrazine groups is 1. The molecule has 2 aromatic carbocycles. The van der Waals surface area contributed by atoms with Crippen molar-refractivity contribution in [3.8, 4) is 0 Å². The van der Waals surface area contributed by atoms with E-state index in [1.807, 2.05) is 47.3 Å². The highest BCUT2D eigenvalue weighted by Crippen LogP contribution is 2.42. The number of hydrogen-bond acceptors (Lipinski definition) is 4. The fourth-order valence-electron chi connectivity index (χ4n) is 4.23. The fraction of sp³-hybridized carbons (Fsp3) is 0.391. The summed E-state index contributed by atoms with van der Waals surface area (Å²) in [6.07, 6.45) is 4.60. The molecule has 2 aromatic rings. The van der Waals surface area contributed by atoms with Crippen LogP contribution in [0, 0.1) is 5.92 Å². The van der Waals surface area contributed by atoms with Gasteiger partial charge in [0.25, 0.3) is 5.91 Å². The van der Waals surface area contributed by atoms with Gasteiger partial charge in [0.15, 0.2) is 0 Å². The van der Waals surface area contributed by atoms with Gasteiger partial charge in [-0.3, -0.25) is 15.2 Å². The third kappa shape index (κ3) is 5.60. The van der Waals surface area contributed by atoms with E-state index in [9.17, 15) is 4.79 Å². The lowest BCUT2D eigenvalue weighted by Gasteiger charge is -2.28. The minimum atomic E-state index is -0.156. The highest BCUT2D eigenvalue weighted by Gasteiger charge is 2.40. The van der Waals surface area contributed by atoms with Gasteiger partial charge >= 0.3 is 0 Å². The van der Waals surface area contributed by atoms with Crippen LogP contribution in [0.4, 0.5) is 5.69 Å². The van der Waals surface area contributed by atoms with Crippen LogP contribution in [0.15, 0.2) is 52.0 Å². The number of carbonyl (C=O) groups is 1. The highest BCUT2D eigenvalue weighted by atomic mass is 79.9. The fourth-order valence-corrected chi connectivity index (χ4v) is 4.99. The number of nitrogens with one attached hydrogen (secondary N) is 1. The molecule has 2 heterocycles. The molecule has 1 amide bonds. The summed E-state index contributed by atoms with van der Waals surface area (Å²) < 4.78 is 0.998. The standard InChI is InChI=1S/C23H25BrCl2N4O.ClH/c1-15-21(23(31)28-29-12-4-2-3-5-13-29)27-30(20-11-10-18(25)14-19(20)26)22(15)16-6-8-17(24)9-7-16;/h6-11,14-15,22H,2-5,12-13H2,1H3,(H,28,31);1H/t15-,22-;/m0./s1. The molecule has 0 spiro atoms.